The minimum absolute atomic E-state index is 0.101. The molecule has 0 aromatic rings. The number of phosphoric acid groups is 2. The van der Waals surface area contributed by atoms with E-state index in [2.05, 4.69) is 41.5 Å². The molecule has 0 aromatic carbocycles. The zero-order chi connectivity index (χ0) is 62.2. The van der Waals surface area contributed by atoms with Crippen molar-refractivity contribution in [3.8, 4) is 0 Å². The Balaban J connectivity index is 5.05. The molecule has 5 atom stereocenters. The Morgan fingerprint density at radius 3 is 0.810 bits per heavy atom. The Morgan fingerprint density at radius 1 is 0.321 bits per heavy atom. The third kappa shape index (κ3) is 59.0. The van der Waals surface area contributed by atoms with Crippen LogP contribution in [-0.2, 0) is 65.4 Å². The van der Waals surface area contributed by atoms with E-state index >= 15 is 0 Å². The molecular weight excluding hydrogens is 1110 g/mol. The first-order chi connectivity index (χ1) is 40.4. The molecule has 0 spiro atoms. The summed E-state index contributed by atoms with van der Waals surface area (Å²) in [6.45, 7) is 9.23. The Labute approximate surface area is 511 Å². The van der Waals surface area contributed by atoms with Crippen molar-refractivity contribution < 1.29 is 80.2 Å². The van der Waals surface area contributed by atoms with Crippen molar-refractivity contribution in [1.29, 1.82) is 0 Å². The lowest BCUT2D eigenvalue weighted by molar-refractivity contribution is -0.161. The molecule has 0 saturated carbocycles. The van der Waals surface area contributed by atoms with Crippen molar-refractivity contribution >= 4 is 39.5 Å². The van der Waals surface area contributed by atoms with Crippen LogP contribution >= 0.6 is 15.6 Å². The van der Waals surface area contributed by atoms with Gasteiger partial charge >= 0.3 is 39.5 Å². The molecule has 0 aliphatic heterocycles. The number of carbonyl (C=O) groups excluding carboxylic acids is 4. The monoisotopic (exact) mass is 1240 g/mol. The molecule has 0 aliphatic rings. The maximum atomic E-state index is 13.0. The van der Waals surface area contributed by atoms with Crippen LogP contribution in [0.2, 0.25) is 0 Å². The minimum Gasteiger partial charge on any atom is -0.462 e. The van der Waals surface area contributed by atoms with Crippen molar-refractivity contribution in [2.75, 3.05) is 39.6 Å². The molecule has 0 saturated heterocycles. The summed E-state index contributed by atoms with van der Waals surface area (Å²) in [5.41, 5.74) is 0. The van der Waals surface area contributed by atoms with Crippen LogP contribution in [0.5, 0.6) is 0 Å². The molecule has 0 aliphatic carbocycles. The van der Waals surface area contributed by atoms with E-state index in [1.807, 2.05) is 0 Å². The standard InChI is InChI=1S/C65H126O17P2/c1-7-9-11-13-14-15-16-17-18-19-20-21-22-23-24-25-26-27-28-37-43-49-64(69)81-61(54-76-63(68)48-42-36-31-29-34-39-45-57(3)4)56-80-84(73,74)78-52-59(66)51-77-83(71,72)79-55-60(53-75-62(67)47-41-33-12-10-8-2)82-65(70)50-44-38-32-30-35-40-46-58(5)6/h57-61,66H,7-56H2,1-6H3,(H,71,72)(H,73,74)/t59-,60+,61+/m0/s1. The van der Waals surface area contributed by atoms with Crippen LogP contribution in [0.1, 0.15) is 324 Å². The first-order valence-corrected chi connectivity index (χ1v) is 37.0. The highest BCUT2D eigenvalue weighted by Gasteiger charge is 2.30. The number of carbonyl (C=O) groups is 4. The Bertz CT molecular complexity index is 1650. The zero-order valence-corrected chi connectivity index (χ0v) is 56.0. The van der Waals surface area contributed by atoms with Gasteiger partial charge in [0.15, 0.2) is 12.2 Å². The van der Waals surface area contributed by atoms with E-state index in [1.54, 1.807) is 0 Å². The van der Waals surface area contributed by atoms with Crippen molar-refractivity contribution in [2.45, 2.75) is 342 Å². The van der Waals surface area contributed by atoms with Crippen LogP contribution in [0, 0.1) is 11.8 Å². The highest BCUT2D eigenvalue weighted by Crippen LogP contribution is 2.45. The van der Waals surface area contributed by atoms with E-state index in [4.69, 9.17) is 37.0 Å². The van der Waals surface area contributed by atoms with E-state index in [0.29, 0.717) is 37.5 Å². The third-order valence-electron chi connectivity index (χ3n) is 15.0. The van der Waals surface area contributed by atoms with Gasteiger partial charge in [-0.3, -0.25) is 37.3 Å². The lowest BCUT2D eigenvalue weighted by Crippen LogP contribution is -2.30. The van der Waals surface area contributed by atoms with E-state index in [9.17, 15) is 43.2 Å². The first kappa shape index (κ1) is 82.1. The van der Waals surface area contributed by atoms with E-state index < -0.39 is 97.5 Å². The second-order valence-electron chi connectivity index (χ2n) is 24.5. The lowest BCUT2D eigenvalue weighted by atomic mass is 10.0. The normalized spacial score (nSPS) is 14.3. The van der Waals surface area contributed by atoms with Crippen molar-refractivity contribution in [3.63, 3.8) is 0 Å². The van der Waals surface area contributed by atoms with Crippen LogP contribution in [0.15, 0.2) is 0 Å². The molecule has 2 unspecified atom stereocenters. The van der Waals surface area contributed by atoms with Crippen LogP contribution in [-0.4, -0.2) is 96.7 Å². The summed E-state index contributed by atoms with van der Waals surface area (Å²) in [7, 11) is -9.88. The molecule has 0 rings (SSSR count). The summed E-state index contributed by atoms with van der Waals surface area (Å²) in [6.07, 6.45) is 41.3. The quantitative estimate of drug-likeness (QED) is 0.0222. The molecule has 3 N–H and O–H groups in total. The number of ether oxygens (including phenoxy) is 4. The summed E-state index contributed by atoms with van der Waals surface area (Å²) >= 11 is 0. The average molecular weight is 1240 g/mol. The molecule has 19 heteroatoms. The number of phosphoric ester groups is 2. The molecular formula is C65H126O17P2. The van der Waals surface area contributed by atoms with Gasteiger partial charge in [0, 0.05) is 25.7 Å². The van der Waals surface area contributed by atoms with E-state index in [-0.39, 0.29) is 25.7 Å². The van der Waals surface area contributed by atoms with Gasteiger partial charge in [0.2, 0.25) is 0 Å². The summed E-state index contributed by atoms with van der Waals surface area (Å²) in [4.78, 5) is 71.9. The Morgan fingerprint density at radius 2 is 0.548 bits per heavy atom. The van der Waals surface area contributed by atoms with Gasteiger partial charge in [0.25, 0.3) is 0 Å². The van der Waals surface area contributed by atoms with Gasteiger partial charge in [-0.1, -0.05) is 273 Å². The lowest BCUT2D eigenvalue weighted by Gasteiger charge is -2.21. The van der Waals surface area contributed by atoms with Gasteiger partial charge < -0.3 is 33.8 Å². The summed E-state index contributed by atoms with van der Waals surface area (Å²) in [5.74, 6) is -0.802. The highest BCUT2D eigenvalue weighted by molar-refractivity contribution is 7.47. The predicted molar refractivity (Wildman–Crippen MR) is 335 cm³/mol. The van der Waals surface area contributed by atoms with Crippen molar-refractivity contribution in [3.05, 3.63) is 0 Å². The van der Waals surface area contributed by atoms with Crippen molar-refractivity contribution in [1.82, 2.24) is 0 Å². The number of hydrogen-bond donors (Lipinski definition) is 3. The number of unbranched alkanes of at least 4 members (excludes halogenated alkanes) is 34. The van der Waals surface area contributed by atoms with Crippen LogP contribution in [0.3, 0.4) is 0 Å². The molecule has 17 nitrogen and oxygen atoms in total. The largest absolute Gasteiger partial charge is 0.472 e. The van der Waals surface area contributed by atoms with Gasteiger partial charge in [-0.2, -0.15) is 0 Å². The predicted octanol–water partition coefficient (Wildman–Crippen LogP) is 18.0. The first-order valence-electron chi connectivity index (χ1n) is 34.0. The van der Waals surface area contributed by atoms with Gasteiger partial charge in [-0.05, 0) is 37.5 Å². The second-order valence-corrected chi connectivity index (χ2v) is 27.4. The Hall–Kier alpha value is -1.94. The SMILES string of the molecule is CCCCCCCCCCCCCCCCCCCCCCCC(=O)O[C@H](COC(=O)CCCCCCCCC(C)C)COP(=O)(O)OC[C@@H](O)COP(=O)(O)OC[C@@H](COC(=O)CCCCCCC)OC(=O)CCCCCCCCC(C)C. The number of esters is 4. The van der Waals surface area contributed by atoms with E-state index in [0.717, 1.165) is 103 Å². The molecule has 0 aromatic heterocycles. The molecule has 0 amide bonds. The average Bonchev–Trinajstić information content (AvgIpc) is 3.45. The fourth-order valence-electron chi connectivity index (χ4n) is 9.71. The smallest absolute Gasteiger partial charge is 0.462 e. The van der Waals surface area contributed by atoms with Gasteiger partial charge in [-0.25, -0.2) is 9.13 Å². The van der Waals surface area contributed by atoms with E-state index in [1.165, 1.54) is 128 Å². The molecule has 0 heterocycles. The molecule has 0 radical (unpaired) electrons. The maximum absolute atomic E-state index is 13.0. The number of rotatable bonds is 64. The number of aliphatic hydroxyl groups is 1. The number of hydrogen-bond acceptors (Lipinski definition) is 15. The number of aliphatic hydroxyl groups excluding tert-OH is 1. The highest BCUT2D eigenvalue weighted by atomic mass is 31.2. The summed E-state index contributed by atoms with van der Waals surface area (Å²) in [5, 5.41) is 10.5. The van der Waals surface area contributed by atoms with Crippen LogP contribution < -0.4 is 0 Å². The van der Waals surface area contributed by atoms with Crippen molar-refractivity contribution in [2.24, 2.45) is 11.8 Å². The fourth-order valence-corrected chi connectivity index (χ4v) is 11.3. The Kier molecular flexibility index (Phi) is 56.2. The third-order valence-corrected chi connectivity index (χ3v) is 16.9. The topological polar surface area (TPSA) is 237 Å². The molecule has 0 fully saturated rings. The van der Waals surface area contributed by atoms with Gasteiger partial charge in [-0.15, -0.1) is 0 Å². The maximum Gasteiger partial charge on any atom is 0.472 e. The van der Waals surface area contributed by atoms with Gasteiger partial charge in [0.05, 0.1) is 26.4 Å². The van der Waals surface area contributed by atoms with Gasteiger partial charge in [0.1, 0.15) is 19.3 Å². The van der Waals surface area contributed by atoms with Crippen LogP contribution in [0.4, 0.5) is 0 Å². The summed E-state index contributed by atoms with van der Waals surface area (Å²) in [6, 6.07) is 0. The molecule has 0 bridgehead atoms. The molecule has 84 heavy (non-hydrogen) atoms. The minimum atomic E-state index is -4.94. The van der Waals surface area contributed by atoms with Crippen LogP contribution in [0.25, 0.3) is 0 Å². The zero-order valence-electron chi connectivity index (χ0n) is 54.2. The fraction of sp³-hybridized carbons (Fsp3) is 0.938. The summed E-state index contributed by atoms with van der Waals surface area (Å²) < 4.78 is 67.7. The second kappa shape index (κ2) is 57.5. The molecule has 498 valence electrons.